The minimum absolute atomic E-state index is 0.0705. The summed E-state index contributed by atoms with van der Waals surface area (Å²) >= 11 is 0. The zero-order valence-electron chi connectivity index (χ0n) is 26.4. The number of nitrogens with one attached hydrogen (secondary N) is 2. The van der Waals surface area contributed by atoms with Crippen LogP contribution in [0.15, 0.2) is 104 Å². The Morgan fingerprint density at radius 1 is 1.12 bits per heavy atom. The largest absolute Gasteiger partial charge is 0.383 e. The molecule has 0 atom stereocenters. The van der Waals surface area contributed by atoms with Crippen molar-refractivity contribution < 1.29 is 0 Å². The smallest absolute Gasteiger partial charge is 0.126 e. The Labute approximate surface area is 253 Å². The SMILES string of the molecule is C#C.C=C/C=C(/c1cccnc1)c1cc(Cc2cc(C(/C=C(\C=C)NC(=C)C(C)(C)C)=C/C)cnc2N)[nH]c1C.CC. The number of aromatic amines is 1. The number of nitrogens with two attached hydrogens (primary N) is 1. The van der Waals surface area contributed by atoms with Crippen LogP contribution in [0.1, 0.15) is 75.2 Å². The molecule has 0 amide bonds. The number of aromatic nitrogens is 3. The van der Waals surface area contributed by atoms with Crippen molar-refractivity contribution in [3.05, 3.63) is 138 Å². The van der Waals surface area contributed by atoms with E-state index in [-0.39, 0.29) is 5.41 Å². The second-order valence-electron chi connectivity index (χ2n) is 10.2. The Morgan fingerprint density at radius 2 is 1.81 bits per heavy atom. The van der Waals surface area contributed by atoms with Gasteiger partial charge in [-0.05, 0) is 55.3 Å². The van der Waals surface area contributed by atoms with Crippen molar-refractivity contribution in [1.29, 1.82) is 0 Å². The molecule has 42 heavy (non-hydrogen) atoms. The molecule has 0 unspecified atom stereocenters. The second-order valence-corrected chi connectivity index (χ2v) is 10.2. The van der Waals surface area contributed by atoms with Crippen LogP contribution < -0.4 is 11.1 Å². The van der Waals surface area contributed by atoms with Crippen molar-refractivity contribution in [1.82, 2.24) is 20.3 Å². The van der Waals surface area contributed by atoms with Gasteiger partial charge in [-0.1, -0.05) is 78.6 Å². The van der Waals surface area contributed by atoms with Crippen molar-refractivity contribution in [2.45, 2.75) is 54.9 Å². The predicted octanol–water partition coefficient (Wildman–Crippen LogP) is 8.80. The normalized spacial score (nSPS) is 11.8. The van der Waals surface area contributed by atoms with E-state index in [1.165, 1.54) is 0 Å². The Morgan fingerprint density at radius 3 is 2.36 bits per heavy atom. The van der Waals surface area contributed by atoms with Gasteiger partial charge in [0.15, 0.2) is 0 Å². The van der Waals surface area contributed by atoms with Crippen molar-refractivity contribution in [2.24, 2.45) is 5.41 Å². The van der Waals surface area contributed by atoms with Gasteiger partial charge in [0.1, 0.15) is 5.82 Å². The maximum absolute atomic E-state index is 6.33. The Balaban J connectivity index is 0.00000211. The van der Waals surface area contributed by atoms with Crippen LogP contribution >= 0.6 is 0 Å². The van der Waals surface area contributed by atoms with Gasteiger partial charge in [0.25, 0.3) is 0 Å². The topological polar surface area (TPSA) is 79.6 Å². The lowest BCUT2D eigenvalue weighted by Gasteiger charge is -2.24. The Kier molecular flexibility index (Phi) is 14.3. The molecule has 0 radical (unpaired) electrons. The number of allylic oxidation sites excluding steroid dienone is 7. The molecule has 220 valence electrons. The molecule has 3 aromatic rings. The number of anilines is 1. The summed E-state index contributed by atoms with van der Waals surface area (Å²) in [7, 11) is 0. The van der Waals surface area contributed by atoms with Crippen LogP contribution in [0.25, 0.3) is 11.1 Å². The molecule has 3 rings (SSSR count). The Bertz CT molecular complexity index is 1450. The first-order valence-corrected chi connectivity index (χ1v) is 14.0. The molecule has 5 nitrogen and oxygen atoms in total. The highest BCUT2D eigenvalue weighted by atomic mass is 14.9. The summed E-state index contributed by atoms with van der Waals surface area (Å²) < 4.78 is 0. The van der Waals surface area contributed by atoms with Gasteiger partial charge in [-0.25, -0.2) is 4.98 Å². The van der Waals surface area contributed by atoms with Crippen LogP contribution in [0.5, 0.6) is 0 Å². The van der Waals surface area contributed by atoms with E-state index in [1.807, 2.05) is 45.3 Å². The summed E-state index contributed by atoms with van der Waals surface area (Å²) in [6.07, 6.45) is 23.8. The van der Waals surface area contributed by atoms with Gasteiger partial charge in [0, 0.05) is 75.5 Å². The van der Waals surface area contributed by atoms with E-state index in [4.69, 9.17) is 5.73 Å². The molecule has 0 bridgehead atoms. The lowest BCUT2D eigenvalue weighted by atomic mass is 9.92. The number of nitrogen functional groups attached to an aromatic ring is 1. The van der Waals surface area contributed by atoms with Gasteiger partial charge < -0.3 is 16.0 Å². The molecule has 0 aromatic carbocycles. The molecule has 0 saturated carbocycles. The second kappa shape index (κ2) is 17.1. The lowest BCUT2D eigenvalue weighted by Crippen LogP contribution is -2.22. The highest BCUT2D eigenvalue weighted by Gasteiger charge is 2.16. The summed E-state index contributed by atoms with van der Waals surface area (Å²) in [5.41, 5.74) is 16.3. The third-order valence-corrected chi connectivity index (χ3v) is 6.38. The average Bonchev–Trinajstić information content (AvgIpc) is 3.36. The molecule has 3 aromatic heterocycles. The summed E-state index contributed by atoms with van der Waals surface area (Å²) in [6, 6.07) is 8.25. The van der Waals surface area contributed by atoms with Crippen LogP contribution in [0.4, 0.5) is 5.82 Å². The third kappa shape index (κ3) is 9.67. The van der Waals surface area contributed by atoms with Crippen molar-refractivity contribution >= 4 is 17.0 Å². The number of nitrogens with zero attached hydrogens (tertiary/aromatic N) is 2. The zero-order valence-corrected chi connectivity index (χ0v) is 26.4. The number of pyridine rings is 2. The Hall–Kier alpha value is -4.82. The van der Waals surface area contributed by atoms with Crippen LogP contribution in [-0.4, -0.2) is 15.0 Å². The first-order chi connectivity index (χ1) is 20.1. The molecule has 0 aliphatic rings. The van der Waals surface area contributed by atoms with E-state index in [0.717, 1.165) is 56.2 Å². The van der Waals surface area contributed by atoms with Crippen LogP contribution in [0.2, 0.25) is 0 Å². The standard InChI is InChI=1S/C33H39N5.C2H6.C2H2/c1-9-13-30(25-14-12-15-35-20-25)31-19-29(37-22(31)4)18-26-16-27(21-36-32(26)34)24(10-2)17-28(11-3)38-23(5)33(6,7)8;2*1-2/h9-17,19-21,37-38H,1,3,5,18H2,2,4,6-8H3,(H2,34,36);1-2H3;1-2H/b24-10+,28-17+,30-13-;;. The highest BCUT2D eigenvalue weighted by Crippen LogP contribution is 2.29. The van der Waals surface area contributed by atoms with Crippen molar-refractivity contribution in [3.8, 4) is 12.8 Å². The quantitative estimate of drug-likeness (QED) is 0.171. The summed E-state index contributed by atoms with van der Waals surface area (Å²) in [4.78, 5) is 12.3. The number of aryl methyl sites for hydroxylation is 1. The summed E-state index contributed by atoms with van der Waals surface area (Å²) in [5.74, 6) is 0.513. The number of hydrogen-bond donors (Lipinski definition) is 3. The van der Waals surface area contributed by atoms with Gasteiger partial charge in [0.05, 0.1) is 0 Å². The first kappa shape index (κ1) is 35.2. The van der Waals surface area contributed by atoms with Crippen LogP contribution in [0, 0.1) is 25.2 Å². The van der Waals surface area contributed by atoms with E-state index >= 15 is 0 Å². The maximum Gasteiger partial charge on any atom is 0.126 e. The molecular formula is C37H47N5. The number of hydrogen-bond acceptors (Lipinski definition) is 4. The van der Waals surface area contributed by atoms with Gasteiger partial charge in [-0.15, -0.1) is 12.8 Å². The molecule has 0 fully saturated rings. The molecule has 4 N–H and O–H groups in total. The third-order valence-electron chi connectivity index (χ3n) is 6.38. The number of terminal acetylenes is 1. The van der Waals surface area contributed by atoms with Crippen LogP contribution in [-0.2, 0) is 6.42 Å². The lowest BCUT2D eigenvalue weighted by molar-refractivity contribution is 0.478. The fraction of sp³-hybridized carbons (Fsp3) is 0.243. The van der Waals surface area contributed by atoms with Crippen LogP contribution in [0.3, 0.4) is 0 Å². The maximum atomic E-state index is 6.33. The van der Waals surface area contributed by atoms with Crippen molar-refractivity contribution in [2.75, 3.05) is 5.73 Å². The van der Waals surface area contributed by atoms with E-state index in [0.29, 0.717) is 12.2 Å². The van der Waals surface area contributed by atoms with Gasteiger partial charge in [-0.2, -0.15) is 0 Å². The molecule has 5 heteroatoms. The molecular weight excluding hydrogens is 514 g/mol. The van der Waals surface area contributed by atoms with Crippen molar-refractivity contribution in [3.63, 3.8) is 0 Å². The van der Waals surface area contributed by atoms with E-state index < -0.39 is 0 Å². The predicted molar refractivity (Wildman–Crippen MR) is 183 cm³/mol. The summed E-state index contributed by atoms with van der Waals surface area (Å²) in [5, 5.41) is 3.39. The highest BCUT2D eigenvalue weighted by molar-refractivity contribution is 5.82. The molecule has 0 spiro atoms. The first-order valence-electron chi connectivity index (χ1n) is 14.0. The fourth-order valence-corrected chi connectivity index (χ4v) is 4.02. The fourth-order valence-electron chi connectivity index (χ4n) is 4.02. The van der Waals surface area contributed by atoms with E-state index in [2.05, 4.69) is 111 Å². The number of H-pyrrole nitrogens is 1. The monoisotopic (exact) mass is 561 g/mol. The van der Waals surface area contributed by atoms with Gasteiger partial charge >= 0.3 is 0 Å². The minimum atomic E-state index is -0.0705. The molecule has 0 aliphatic carbocycles. The zero-order chi connectivity index (χ0) is 31.9. The summed E-state index contributed by atoms with van der Waals surface area (Å²) in [6.45, 7) is 26.5. The molecule has 0 aliphatic heterocycles. The molecule has 3 heterocycles. The van der Waals surface area contributed by atoms with E-state index in [9.17, 15) is 0 Å². The average molecular weight is 562 g/mol. The van der Waals surface area contributed by atoms with Gasteiger partial charge in [-0.3, -0.25) is 4.98 Å². The van der Waals surface area contributed by atoms with E-state index in [1.54, 1.807) is 18.3 Å². The minimum Gasteiger partial charge on any atom is -0.383 e. The molecule has 0 saturated heterocycles. The van der Waals surface area contributed by atoms with Gasteiger partial charge in [0.2, 0.25) is 0 Å². The number of rotatable bonds is 10.